The maximum Gasteiger partial charge on any atom is 0.251 e. The number of aromatic nitrogens is 4. The smallest absolute Gasteiger partial charge is 0.251 e. The van der Waals surface area contributed by atoms with E-state index < -0.39 is 6.04 Å². The highest BCUT2D eigenvalue weighted by Crippen LogP contribution is 2.31. The maximum absolute atomic E-state index is 13.7. The third kappa shape index (κ3) is 6.07. The second-order valence-electron chi connectivity index (χ2n) is 9.23. The highest BCUT2D eigenvalue weighted by molar-refractivity contribution is 6.00. The van der Waals surface area contributed by atoms with E-state index >= 15 is 0 Å². The lowest BCUT2D eigenvalue weighted by atomic mass is 10.1. The molecule has 0 radical (unpaired) electrons. The summed E-state index contributed by atoms with van der Waals surface area (Å²) in [6.45, 7) is 3.73. The monoisotopic (exact) mass is 506 g/mol. The van der Waals surface area contributed by atoms with E-state index in [4.69, 9.17) is 9.47 Å². The number of amides is 2. The molecule has 10 nitrogen and oxygen atoms in total. The van der Waals surface area contributed by atoms with Gasteiger partial charge in [-0.1, -0.05) is 37.5 Å². The van der Waals surface area contributed by atoms with Gasteiger partial charge in [-0.3, -0.25) is 14.5 Å². The zero-order chi connectivity index (χ0) is 26.4. The van der Waals surface area contributed by atoms with Crippen LogP contribution in [0.25, 0.3) is 11.4 Å². The van der Waals surface area contributed by atoms with Crippen LogP contribution in [0, 0.1) is 6.92 Å². The van der Waals surface area contributed by atoms with Crippen molar-refractivity contribution in [1.82, 2.24) is 25.5 Å². The third-order valence-electron chi connectivity index (χ3n) is 6.65. The van der Waals surface area contributed by atoms with E-state index in [-0.39, 0.29) is 24.4 Å². The lowest BCUT2D eigenvalue weighted by Crippen LogP contribution is -2.52. The molecule has 2 amide bonds. The standard InChI is InChI=1S/C27H34N6O4/c1-5-22(27(35)28-20-8-6-7-9-20)33(21-13-10-18(2)11-14-21)25(34)17-32-30-26(29-31-32)19-12-15-23(36-3)24(16-19)37-4/h10-16,20,22H,5-9,17H2,1-4H3,(H,28,35)/t22-/m0/s1. The molecular formula is C27H34N6O4. The Kier molecular flexibility index (Phi) is 8.37. The molecule has 1 heterocycles. The molecule has 1 atom stereocenters. The number of methoxy groups -OCH3 is 2. The van der Waals surface area contributed by atoms with Crippen LogP contribution < -0.4 is 19.7 Å². The van der Waals surface area contributed by atoms with E-state index in [0.717, 1.165) is 31.2 Å². The molecule has 0 aliphatic heterocycles. The van der Waals surface area contributed by atoms with Crippen molar-refractivity contribution in [1.29, 1.82) is 0 Å². The molecule has 4 rings (SSSR count). The molecule has 2 aromatic carbocycles. The fraction of sp³-hybridized carbons (Fsp3) is 0.444. The number of ether oxygens (including phenoxy) is 2. The summed E-state index contributed by atoms with van der Waals surface area (Å²) >= 11 is 0. The minimum absolute atomic E-state index is 0.138. The van der Waals surface area contributed by atoms with Crippen molar-refractivity contribution in [3.05, 3.63) is 48.0 Å². The highest BCUT2D eigenvalue weighted by Gasteiger charge is 2.32. The fourth-order valence-corrected chi connectivity index (χ4v) is 4.65. The van der Waals surface area contributed by atoms with Crippen LogP contribution in [0.2, 0.25) is 0 Å². The predicted molar refractivity (Wildman–Crippen MR) is 139 cm³/mol. The second kappa shape index (κ2) is 11.9. The average molecular weight is 507 g/mol. The number of hydrogen-bond donors (Lipinski definition) is 1. The fourth-order valence-electron chi connectivity index (χ4n) is 4.65. The topological polar surface area (TPSA) is 111 Å². The van der Waals surface area contributed by atoms with Crippen LogP contribution in [0.15, 0.2) is 42.5 Å². The quantitative estimate of drug-likeness (QED) is 0.448. The Labute approximate surface area is 216 Å². The van der Waals surface area contributed by atoms with Crippen LogP contribution in [0.3, 0.4) is 0 Å². The average Bonchev–Trinajstić information content (AvgIpc) is 3.59. The highest BCUT2D eigenvalue weighted by atomic mass is 16.5. The zero-order valence-corrected chi connectivity index (χ0v) is 21.8. The molecule has 1 aromatic heterocycles. The number of aryl methyl sites for hydroxylation is 1. The molecule has 1 saturated carbocycles. The molecule has 196 valence electrons. The number of carbonyl (C=O) groups is 2. The Bertz CT molecular complexity index is 1220. The number of anilines is 1. The minimum Gasteiger partial charge on any atom is -0.493 e. The third-order valence-corrected chi connectivity index (χ3v) is 6.65. The number of nitrogens with one attached hydrogen (secondary N) is 1. The summed E-state index contributed by atoms with van der Waals surface area (Å²) in [4.78, 5) is 29.7. The van der Waals surface area contributed by atoms with Gasteiger partial charge in [-0.15, -0.1) is 10.2 Å². The lowest BCUT2D eigenvalue weighted by Gasteiger charge is -2.31. The van der Waals surface area contributed by atoms with E-state index in [1.165, 1.54) is 4.80 Å². The van der Waals surface area contributed by atoms with Gasteiger partial charge in [0.15, 0.2) is 11.5 Å². The van der Waals surface area contributed by atoms with E-state index in [9.17, 15) is 9.59 Å². The normalized spacial score (nSPS) is 14.3. The molecule has 1 fully saturated rings. The van der Waals surface area contributed by atoms with Gasteiger partial charge in [0, 0.05) is 17.3 Å². The summed E-state index contributed by atoms with van der Waals surface area (Å²) in [6.07, 6.45) is 4.65. The van der Waals surface area contributed by atoms with E-state index in [1.54, 1.807) is 37.3 Å². The number of carbonyl (C=O) groups excluding carboxylic acids is 2. The second-order valence-corrected chi connectivity index (χ2v) is 9.23. The van der Waals surface area contributed by atoms with Crippen molar-refractivity contribution in [3.8, 4) is 22.9 Å². The molecule has 10 heteroatoms. The minimum atomic E-state index is -0.648. The summed E-state index contributed by atoms with van der Waals surface area (Å²) in [5, 5.41) is 15.8. The molecular weight excluding hydrogens is 472 g/mol. The van der Waals surface area contributed by atoms with Gasteiger partial charge in [-0.2, -0.15) is 4.80 Å². The Morgan fingerprint density at radius 2 is 1.78 bits per heavy atom. The SMILES string of the molecule is CC[C@@H](C(=O)NC1CCCC1)N(C(=O)Cn1nnc(-c2ccc(OC)c(OC)c2)n1)c1ccc(C)cc1. The van der Waals surface area contributed by atoms with Gasteiger partial charge in [0.25, 0.3) is 5.91 Å². The maximum atomic E-state index is 13.7. The van der Waals surface area contributed by atoms with Crippen LogP contribution in [-0.2, 0) is 16.1 Å². The zero-order valence-electron chi connectivity index (χ0n) is 21.8. The Morgan fingerprint density at radius 1 is 1.08 bits per heavy atom. The van der Waals surface area contributed by atoms with E-state index in [1.807, 2.05) is 38.1 Å². The van der Waals surface area contributed by atoms with Gasteiger partial charge in [0.1, 0.15) is 12.6 Å². The Morgan fingerprint density at radius 3 is 2.43 bits per heavy atom. The Hall–Kier alpha value is -3.95. The molecule has 1 aliphatic carbocycles. The molecule has 1 aliphatic rings. The number of hydrogen-bond acceptors (Lipinski definition) is 7. The molecule has 37 heavy (non-hydrogen) atoms. The van der Waals surface area contributed by atoms with Crippen LogP contribution in [0.4, 0.5) is 5.69 Å². The van der Waals surface area contributed by atoms with E-state index in [2.05, 4.69) is 20.7 Å². The summed E-state index contributed by atoms with van der Waals surface area (Å²) < 4.78 is 10.6. The van der Waals surface area contributed by atoms with Crippen LogP contribution in [0.5, 0.6) is 11.5 Å². The lowest BCUT2D eigenvalue weighted by molar-refractivity contribution is -0.127. The first-order chi connectivity index (χ1) is 17.9. The van der Waals surface area contributed by atoms with Crippen LogP contribution in [-0.4, -0.2) is 58.3 Å². The predicted octanol–water partition coefficient (Wildman–Crippen LogP) is 3.54. The molecule has 0 spiro atoms. The molecule has 0 bridgehead atoms. The van der Waals surface area contributed by atoms with Crippen molar-refractivity contribution in [2.45, 2.75) is 64.6 Å². The summed E-state index contributed by atoms with van der Waals surface area (Å²) in [6, 6.07) is 12.4. The van der Waals surface area contributed by atoms with Gasteiger partial charge in [-0.05, 0) is 61.7 Å². The van der Waals surface area contributed by atoms with Crippen LogP contribution in [0.1, 0.15) is 44.6 Å². The van der Waals surface area contributed by atoms with Gasteiger partial charge in [0.05, 0.1) is 14.2 Å². The van der Waals surface area contributed by atoms with E-state index in [0.29, 0.717) is 35.0 Å². The van der Waals surface area contributed by atoms with Crippen molar-refractivity contribution in [3.63, 3.8) is 0 Å². The first-order valence-corrected chi connectivity index (χ1v) is 12.6. The first-order valence-electron chi connectivity index (χ1n) is 12.6. The van der Waals surface area contributed by atoms with Crippen molar-refractivity contribution < 1.29 is 19.1 Å². The summed E-state index contributed by atoms with van der Waals surface area (Å²) in [5.41, 5.74) is 2.40. The van der Waals surface area contributed by atoms with Crippen molar-refractivity contribution in [2.75, 3.05) is 19.1 Å². The number of tetrazole rings is 1. The number of benzene rings is 2. The number of rotatable bonds is 10. The largest absolute Gasteiger partial charge is 0.493 e. The molecule has 0 unspecified atom stereocenters. The van der Waals surface area contributed by atoms with Crippen molar-refractivity contribution >= 4 is 17.5 Å². The van der Waals surface area contributed by atoms with Gasteiger partial charge in [-0.25, -0.2) is 0 Å². The molecule has 3 aromatic rings. The van der Waals surface area contributed by atoms with Gasteiger partial charge < -0.3 is 14.8 Å². The van der Waals surface area contributed by atoms with Gasteiger partial charge in [0.2, 0.25) is 11.7 Å². The summed E-state index contributed by atoms with van der Waals surface area (Å²) in [7, 11) is 3.12. The Balaban J connectivity index is 1.57. The number of nitrogens with zero attached hydrogens (tertiary/aromatic N) is 5. The first kappa shape index (κ1) is 26.1. The van der Waals surface area contributed by atoms with Gasteiger partial charge >= 0.3 is 0 Å². The molecule has 1 N–H and O–H groups in total. The molecule has 0 saturated heterocycles. The van der Waals surface area contributed by atoms with Crippen LogP contribution >= 0.6 is 0 Å². The van der Waals surface area contributed by atoms with Crippen molar-refractivity contribution in [2.24, 2.45) is 0 Å². The summed E-state index contributed by atoms with van der Waals surface area (Å²) in [5.74, 6) is 1.04.